The summed E-state index contributed by atoms with van der Waals surface area (Å²) >= 11 is 0. The van der Waals surface area contributed by atoms with E-state index in [1.807, 2.05) is 0 Å². The Hall–Kier alpha value is -2.89. The lowest BCUT2D eigenvalue weighted by molar-refractivity contribution is -0.167. The van der Waals surface area contributed by atoms with Crippen LogP contribution in [0, 0.1) is 0 Å². The number of hydrogen-bond acceptors (Lipinski definition) is 6. The van der Waals surface area contributed by atoms with Gasteiger partial charge in [0, 0.05) is 19.3 Å². The predicted octanol–water partition coefficient (Wildman–Crippen LogP) is 25.1. The molecule has 0 amide bonds. The van der Waals surface area contributed by atoms with Gasteiger partial charge < -0.3 is 14.2 Å². The molecule has 0 aromatic carbocycles. The second-order valence-electron chi connectivity index (χ2n) is 24.5. The summed E-state index contributed by atoms with van der Waals surface area (Å²) in [6, 6.07) is 0. The second kappa shape index (κ2) is 70.6. The van der Waals surface area contributed by atoms with E-state index in [1.54, 1.807) is 0 Å². The van der Waals surface area contributed by atoms with Crippen LogP contribution in [-0.2, 0) is 28.6 Å². The first-order valence-corrected chi connectivity index (χ1v) is 36.3. The number of carbonyl (C=O) groups is 3. The number of allylic oxidation sites excluding steroid dienone is 10. The topological polar surface area (TPSA) is 78.9 Å². The first kappa shape index (κ1) is 79.1. The van der Waals surface area contributed by atoms with E-state index in [2.05, 4.69) is 81.5 Å². The zero-order chi connectivity index (χ0) is 59.2. The molecule has 478 valence electrons. The average molecular weight is 1150 g/mol. The summed E-state index contributed by atoms with van der Waals surface area (Å²) in [7, 11) is 0. The van der Waals surface area contributed by atoms with Crippen LogP contribution in [0.25, 0.3) is 0 Å². The minimum Gasteiger partial charge on any atom is -0.462 e. The van der Waals surface area contributed by atoms with Gasteiger partial charge in [-0.15, -0.1) is 0 Å². The van der Waals surface area contributed by atoms with Crippen molar-refractivity contribution in [1.29, 1.82) is 0 Å². The molecule has 0 spiro atoms. The molecule has 1 atom stereocenters. The van der Waals surface area contributed by atoms with Crippen LogP contribution < -0.4 is 0 Å². The van der Waals surface area contributed by atoms with E-state index >= 15 is 0 Å². The fraction of sp³-hybridized carbons (Fsp3) is 0.829. The molecule has 0 fully saturated rings. The fourth-order valence-electron chi connectivity index (χ4n) is 10.9. The molecule has 82 heavy (non-hydrogen) atoms. The Morgan fingerprint density at radius 2 is 0.500 bits per heavy atom. The van der Waals surface area contributed by atoms with E-state index in [0.717, 1.165) is 96.3 Å². The maximum atomic E-state index is 12.9. The lowest BCUT2D eigenvalue weighted by atomic mass is 10.0. The van der Waals surface area contributed by atoms with Crippen molar-refractivity contribution in [3.05, 3.63) is 60.8 Å². The molecule has 0 rings (SSSR count). The summed E-state index contributed by atoms with van der Waals surface area (Å²) in [6.07, 6.45) is 91.4. The first-order chi connectivity index (χ1) is 40.5. The Labute approximate surface area is 510 Å². The van der Waals surface area contributed by atoms with Crippen molar-refractivity contribution >= 4 is 17.9 Å². The van der Waals surface area contributed by atoms with Gasteiger partial charge in [-0.25, -0.2) is 0 Å². The Morgan fingerprint density at radius 3 is 0.805 bits per heavy atom. The van der Waals surface area contributed by atoms with Gasteiger partial charge in [0.25, 0.3) is 0 Å². The lowest BCUT2D eigenvalue weighted by Crippen LogP contribution is -2.30. The molecule has 0 bridgehead atoms. The smallest absolute Gasteiger partial charge is 0.306 e. The third kappa shape index (κ3) is 67.9. The molecule has 6 heteroatoms. The maximum Gasteiger partial charge on any atom is 0.306 e. The molecule has 0 aliphatic rings. The Balaban J connectivity index is 4.03. The summed E-state index contributed by atoms with van der Waals surface area (Å²) in [6.45, 7) is 6.52. The Kier molecular flexibility index (Phi) is 68.1. The summed E-state index contributed by atoms with van der Waals surface area (Å²) in [5.74, 6) is -0.854. The molecule has 0 aromatic rings. The van der Waals surface area contributed by atoms with E-state index in [9.17, 15) is 14.4 Å². The van der Waals surface area contributed by atoms with Crippen LogP contribution in [0.1, 0.15) is 387 Å². The van der Waals surface area contributed by atoms with Crippen molar-refractivity contribution in [2.45, 2.75) is 393 Å². The maximum absolute atomic E-state index is 12.9. The molecule has 0 radical (unpaired) electrons. The minimum atomic E-state index is -0.773. The summed E-state index contributed by atoms with van der Waals surface area (Å²) in [4.78, 5) is 38.3. The highest BCUT2D eigenvalue weighted by Gasteiger charge is 2.19. The number of ether oxygens (including phenoxy) is 3. The zero-order valence-electron chi connectivity index (χ0n) is 55.0. The number of hydrogen-bond donors (Lipinski definition) is 0. The molecule has 0 aromatic heterocycles. The van der Waals surface area contributed by atoms with Gasteiger partial charge in [-0.05, 0) is 77.0 Å². The van der Waals surface area contributed by atoms with Crippen molar-refractivity contribution in [2.75, 3.05) is 13.2 Å². The highest BCUT2D eigenvalue weighted by atomic mass is 16.6. The number of carbonyl (C=O) groups excluding carboxylic acids is 3. The molecule has 0 N–H and O–H groups in total. The lowest BCUT2D eigenvalue weighted by Gasteiger charge is -2.18. The van der Waals surface area contributed by atoms with Gasteiger partial charge in [0.1, 0.15) is 13.2 Å². The van der Waals surface area contributed by atoms with Gasteiger partial charge in [0.05, 0.1) is 0 Å². The van der Waals surface area contributed by atoms with Gasteiger partial charge in [-0.2, -0.15) is 0 Å². The van der Waals surface area contributed by atoms with Crippen molar-refractivity contribution in [2.24, 2.45) is 0 Å². The number of esters is 3. The van der Waals surface area contributed by atoms with Crippen LogP contribution in [0.4, 0.5) is 0 Å². The fourth-order valence-corrected chi connectivity index (χ4v) is 10.9. The van der Waals surface area contributed by atoms with E-state index < -0.39 is 6.10 Å². The first-order valence-electron chi connectivity index (χ1n) is 36.3. The highest BCUT2D eigenvalue weighted by molar-refractivity contribution is 5.71. The van der Waals surface area contributed by atoms with Crippen LogP contribution in [0.15, 0.2) is 60.8 Å². The molecule has 1 unspecified atom stereocenters. The summed E-state index contributed by atoms with van der Waals surface area (Å²) < 4.78 is 16.9. The van der Waals surface area contributed by atoms with E-state index in [1.165, 1.54) is 250 Å². The molecular formula is C76H138O6. The van der Waals surface area contributed by atoms with Gasteiger partial charge in [-0.3, -0.25) is 14.4 Å². The van der Waals surface area contributed by atoms with Crippen molar-refractivity contribution in [1.82, 2.24) is 0 Å². The highest BCUT2D eigenvalue weighted by Crippen LogP contribution is 2.19. The van der Waals surface area contributed by atoms with Gasteiger partial charge >= 0.3 is 17.9 Å². The van der Waals surface area contributed by atoms with E-state index in [0.29, 0.717) is 19.3 Å². The van der Waals surface area contributed by atoms with Crippen LogP contribution >= 0.6 is 0 Å². The largest absolute Gasteiger partial charge is 0.462 e. The third-order valence-electron chi connectivity index (χ3n) is 16.2. The predicted molar refractivity (Wildman–Crippen MR) is 358 cm³/mol. The normalized spacial score (nSPS) is 12.4. The van der Waals surface area contributed by atoms with Crippen molar-refractivity contribution in [3.63, 3.8) is 0 Å². The molecule has 0 heterocycles. The van der Waals surface area contributed by atoms with E-state index in [4.69, 9.17) is 14.2 Å². The van der Waals surface area contributed by atoms with Gasteiger partial charge in [0.15, 0.2) is 6.10 Å². The average Bonchev–Trinajstić information content (AvgIpc) is 3.48. The van der Waals surface area contributed by atoms with Crippen LogP contribution in [0.2, 0.25) is 0 Å². The third-order valence-corrected chi connectivity index (χ3v) is 16.2. The number of unbranched alkanes of at least 4 members (excludes halogenated alkanes) is 46. The summed E-state index contributed by atoms with van der Waals surface area (Å²) in [5, 5.41) is 0. The molecule has 0 aliphatic carbocycles. The Bertz CT molecular complexity index is 1460. The summed E-state index contributed by atoms with van der Waals surface area (Å²) in [5.41, 5.74) is 0. The van der Waals surface area contributed by atoms with Crippen LogP contribution in [0.3, 0.4) is 0 Å². The van der Waals surface area contributed by atoms with Crippen LogP contribution in [-0.4, -0.2) is 37.2 Å². The quantitative estimate of drug-likeness (QED) is 0.0261. The van der Waals surface area contributed by atoms with E-state index in [-0.39, 0.29) is 31.1 Å². The van der Waals surface area contributed by atoms with Crippen molar-refractivity contribution < 1.29 is 28.6 Å². The van der Waals surface area contributed by atoms with Crippen LogP contribution in [0.5, 0.6) is 0 Å². The monoisotopic (exact) mass is 1150 g/mol. The van der Waals surface area contributed by atoms with Gasteiger partial charge in [-0.1, -0.05) is 351 Å². The molecule has 0 aliphatic heterocycles. The Morgan fingerprint density at radius 1 is 0.256 bits per heavy atom. The standard InChI is InChI=1S/C76H138O6/c1-4-7-10-13-16-19-22-24-26-28-30-31-32-33-34-35-36-37-38-39-40-41-42-43-44-45-47-48-50-52-54-57-60-63-66-69-75(78)81-72-73(71-80-74(77)68-65-62-59-56-21-18-15-12-9-6-3)82-76(79)70-67-64-61-58-55-53-51-49-46-29-27-25-23-20-17-14-11-8-5-2/h7,10,12,15-16,19,24,26,30-31,73H,4-6,8-9,11,13-14,17-18,20-23,25,27-29,32-72H2,1-3H3/b10-7-,15-12-,19-16-,26-24-,31-30-. The second-order valence-corrected chi connectivity index (χ2v) is 24.5. The number of rotatable bonds is 67. The molecule has 0 saturated heterocycles. The molecule has 0 saturated carbocycles. The zero-order valence-corrected chi connectivity index (χ0v) is 55.0. The SMILES string of the molecule is CC/C=C\C/C=C\C/C=C\C/C=C\CCCCCCCCCCCCCCCCCCCCCCCCC(=O)OCC(COC(=O)CCCCCCC/C=C\CCC)OC(=O)CCCCCCCCCCCCCCCCCCCCC. The molecular weight excluding hydrogens is 1010 g/mol. The van der Waals surface area contributed by atoms with Gasteiger partial charge in [0.2, 0.25) is 0 Å². The molecule has 6 nitrogen and oxygen atoms in total. The minimum absolute atomic E-state index is 0.0698. The van der Waals surface area contributed by atoms with Crippen molar-refractivity contribution in [3.8, 4) is 0 Å².